The van der Waals surface area contributed by atoms with Crippen LogP contribution in [-0.4, -0.2) is 36.6 Å². The third kappa shape index (κ3) is 2.75. The summed E-state index contributed by atoms with van der Waals surface area (Å²) in [6, 6.07) is 1.69. The Kier molecular flexibility index (Phi) is 3.95. The molecule has 2 heteroatoms. The van der Waals surface area contributed by atoms with Crippen molar-refractivity contribution in [2.45, 2.75) is 64.5 Å². The number of nitrogens with one attached hydrogen (secondary N) is 1. The summed E-state index contributed by atoms with van der Waals surface area (Å²) in [5.41, 5.74) is 0. The Labute approximate surface area is 113 Å². The third-order valence-electron chi connectivity index (χ3n) is 5.44. The van der Waals surface area contributed by atoms with Gasteiger partial charge in [-0.2, -0.15) is 0 Å². The molecule has 3 aliphatic rings. The monoisotopic (exact) mass is 250 g/mol. The molecule has 2 aliphatic carbocycles. The van der Waals surface area contributed by atoms with Gasteiger partial charge in [-0.3, -0.25) is 4.90 Å². The van der Waals surface area contributed by atoms with Crippen molar-refractivity contribution in [1.29, 1.82) is 0 Å². The maximum absolute atomic E-state index is 3.77. The fourth-order valence-corrected chi connectivity index (χ4v) is 4.71. The van der Waals surface area contributed by atoms with Crippen molar-refractivity contribution in [3.05, 3.63) is 0 Å². The Hall–Kier alpha value is -0.0800. The van der Waals surface area contributed by atoms with Gasteiger partial charge in [0.25, 0.3) is 0 Å². The minimum absolute atomic E-state index is 0.742. The van der Waals surface area contributed by atoms with E-state index in [0.29, 0.717) is 0 Å². The highest BCUT2D eigenvalue weighted by Gasteiger charge is 2.42. The zero-order chi connectivity index (χ0) is 12.5. The molecule has 3 fully saturated rings. The Morgan fingerprint density at radius 3 is 2.78 bits per heavy atom. The summed E-state index contributed by atoms with van der Waals surface area (Å²) in [6.45, 7) is 8.60. The predicted octanol–water partition coefficient (Wildman–Crippen LogP) is 2.89. The van der Waals surface area contributed by atoms with E-state index in [9.17, 15) is 0 Å². The maximum atomic E-state index is 3.77. The molecule has 4 atom stereocenters. The van der Waals surface area contributed by atoms with E-state index >= 15 is 0 Å². The van der Waals surface area contributed by atoms with Crippen LogP contribution in [0.4, 0.5) is 0 Å². The SMILES string of the molecule is CC(C)CC1CN(C2CC3CCC2C3)CCCN1. The lowest BCUT2D eigenvalue weighted by atomic mass is 9.93. The molecule has 0 aromatic rings. The van der Waals surface area contributed by atoms with Crippen LogP contribution in [-0.2, 0) is 0 Å². The predicted molar refractivity (Wildman–Crippen MR) is 76.7 cm³/mol. The van der Waals surface area contributed by atoms with Gasteiger partial charge >= 0.3 is 0 Å². The number of nitrogens with zero attached hydrogens (tertiary/aromatic N) is 1. The van der Waals surface area contributed by atoms with Crippen LogP contribution < -0.4 is 5.32 Å². The number of hydrogen-bond acceptors (Lipinski definition) is 2. The molecule has 0 amide bonds. The molecule has 1 aliphatic heterocycles. The molecule has 4 unspecified atom stereocenters. The first-order chi connectivity index (χ1) is 8.72. The van der Waals surface area contributed by atoms with Crippen molar-refractivity contribution in [3.63, 3.8) is 0 Å². The molecule has 1 heterocycles. The fourth-order valence-electron chi connectivity index (χ4n) is 4.71. The molecule has 2 bridgehead atoms. The number of fused-ring (bicyclic) bond motifs is 2. The minimum atomic E-state index is 0.742. The van der Waals surface area contributed by atoms with Gasteiger partial charge in [0.1, 0.15) is 0 Å². The van der Waals surface area contributed by atoms with Crippen LogP contribution in [0.3, 0.4) is 0 Å². The van der Waals surface area contributed by atoms with E-state index in [0.717, 1.165) is 29.8 Å². The first kappa shape index (κ1) is 12.9. The van der Waals surface area contributed by atoms with E-state index in [2.05, 4.69) is 24.1 Å². The second kappa shape index (κ2) is 5.50. The summed E-state index contributed by atoms with van der Waals surface area (Å²) >= 11 is 0. The minimum Gasteiger partial charge on any atom is -0.313 e. The highest BCUT2D eigenvalue weighted by atomic mass is 15.2. The van der Waals surface area contributed by atoms with E-state index in [1.54, 1.807) is 6.42 Å². The topological polar surface area (TPSA) is 15.3 Å². The van der Waals surface area contributed by atoms with E-state index in [4.69, 9.17) is 0 Å². The fraction of sp³-hybridized carbons (Fsp3) is 1.00. The van der Waals surface area contributed by atoms with Crippen molar-refractivity contribution in [1.82, 2.24) is 10.2 Å². The van der Waals surface area contributed by atoms with Crippen molar-refractivity contribution in [2.75, 3.05) is 19.6 Å². The van der Waals surface area contributed by atoms with Gasteiger partial charge in [-0.1, -0.05) is 20.3 Å². The molecule has 104 valence electrons. The van der Waals surface area contributed by atoms with E-state index in [1.165, 1.54) is 51.7 Å². The van der Waals surface area contributed by atoms with E-state index in [-0.39, 0.29) is 0 Å². The van der Waals surface area contributed by atoms with Gasteiger partial charge < -0.3 is 5.32 Å². The van der Waals surface area contributed by atoms with Gasteiger partial charge in [0, 0.05) is 18.6 Å². The smallest absolute Gasteiger partial charge is 0.0197 e. The average molecular weight is 250 g/mol. The Morgan fingerprint density at radius 1 is 1.22 bits per heavy atom. The lowest BCUT2D eigenvalue weighted by Crippen LogP contribution is -2.45. The lowest BCUT2D eigenvalue weighted by molar-refractivity contribution is 0.136. The van der Waals surface area contributed by atoms with Crippen molar-refractivity contribution >= 4 is 0 Å². The molecule has 3 rings (SSSR count). The highest BCUT2D eigenvalue weighted by molar-refractivity contribution is 4.96. The molecule has 1 saturated heterocycles. The largest absolute Gasteiger partial charge is 0.313 e. The standard InChI is InChI=1S/C16H30N2/c1-12(2)8-15-11-18(7-3-6-17-15)16-10-13-4-5-14(16)9-13/h12-17H,3-11H2,1-2H3. The quantitative estimate of drug-likeness (QED) is 0.828. The molecule has 0 aromatic heterocycles. The van der Waals surface area contributed by atoms with Crippen LogP contribution in [0.5, 0.6) is 0 Å². The number of rotatable bonds is 3. The molecule has 2 saturated carbocycles. The first-order valence-corrected chi connectivity index (χ1v) is 8.20. The van der Waals surface area contributed by atoms with Crippen molar-refractivity contribution in [2.24, 2.45) is 17.8 Å². The van der Waals surface area contributed by atoms with E-state index < -0.39 is 0 Å². The molecule has 0 aromatic carbocycles. The highest BCUT2D eigenvalue weighted by Crippen LogP contribution is 2.46. The summed E-state index contributed by atoms with van der Waals surface area (Å²) in [7, 11) is 0. The molecule has 0 spiro atoms. The second-order valence-corrected chi connectivity index (χ2v) is 7.37. The van der Waals surface area contributed by atoms with Gasteiger partial charge in [-0.25, -0.2) is 0 Å². The normalized spacial score (nSPS) is 41.5. The van der Waals surface area contributed by atoms with Crippen LogP contribution in [0, 0.1) is 17.8 Å². The molecule has 18 heavy (non-hydrogen) atoms. The Balaban J connectivity index is 1.60. The molecular weight excluding hydrogens is 220 g/mol. The average Bonchev–Trinajstić information content (AvgIpc) is 2.87. The summed E-state index contributed by atoms with van der Waals surface area (Å²) in [4.78, 5) is 2.86. The summed E-state index contributed by atoms with van der Waals surface area (Å²) in [5, 5.41) is 3.77. The van der Waals surface area contributed by atoms with Gasteiger partial charge in [-0.15, -0.1) is 0 Å². The van der Waals surface area contributed by atoms with Crippen LogP contribution >= 0.6 is 0 Å². The lowest BCUT2D eigenvalue weighted by Gasteiger charge is -2.35. The van der Waals surface area contributed by atoms with Gasteiger partial charge in [0.2, 0.25) is 0 Å². The molecule has 2 nitrogen and oxygen atoms in total. The molecule has 1 N–H and O–H groups in total. The van der Waals surface area contributed by atoms with Crippen molar-refractivity contribution in [3.8, 4) is 0 Å². The van der Waals surface area contributed by atoms with Gasteiger partial charge in [0.15, 0.2) is 0 Å². The van der Waals surface area contributed by atoms with Crippen LogP contribution in [0.2, 0.25) is 0 Å². The second-order valence-electron chi connectivity index (χ2n) is 7.37. The van der Waals surface area contributed by atoms with Gasteiger partial charge in [-0.05, 0) is 62.9 Å². The summed E-state index contributed by atoms with van der Waals surface area (Å²) in [5.74, 6) is 2.95. The van der Waals surface area contributed by atoms with Crippen LogP contribution in [0.1, 0.15) is 52.4 Å². The Morgan fingerprint density at radius 2 is 2.11 bits per heavy atom. The summed E-state index contributed by atoms with van der Waals surface area (Å²) < 4.78 is 0. The maximum Gasteiger partial charge on any atom is 0.0197 e. The number of hydrogen-bond donors (Lipinski definition) is 1. The Bertz CT molecular complexity index is 276. The van der Waals surface area contributed by atoms with Crippen LogP contribution in [0.25, 0.3) is 0 Å². The zero-order valence-corrected chi connectivity index (χ0v) is 12.2. The van der Waals surface area contributed by atoms with Gasteiger partial charge in [0.05, 0.1) is 0 Å². The summed E-state index contributed by atoms with van der Waals surface area (Å²) in [6.07, 6.45) is 8.80. The third-order valence-corrected chi connectivity index (χ3v) is 5.44. The first-order valence-electron chi connectivity index (χ1n) is 8.20. The molecular formula is C16H30N2. The molecule has 0 radical (unpaired) electrons. The zero-order valence-electron chi connectivity index (χ0n) is 12.2. The van der Waals surface area contributed by atoms with Crippen LogP contribution in [0.15, 0.2) is 0 Å². The van der Waals surface area contributed by atoms with Crippen molar-refractivity contribution < 1.29 is 0 Å². The van der Waals surface area contributed by atoms with E-state index in [1.807, 2.05) is 0 Å².